The molecule has 7 nitrogen and oxygen atoms in total. The Hall–Kier alpha value is -3.48. The number of rotatable bonds is 7. The van der Waals surface area contributed by atoms with Crippen molar-refractivity contribution in [2.75, 3.05) is 32.7 Å². The molecule has 2 aromatic carbocycles. The normalized spacial score (nSPS) is 10.3. The number of hydrogen-bond acceptors (Lipinski definition) is 5. The molecule has 0 aliphatic rings. The number of fused-ring (bicyclic) bond motifs is 1. The number of carbonyl (C=O) groups is 1. The smallest absolute Gasteiger partial charge is 0.319 e. The first-order valence-electron chi connectivity index (χ1n) is 8.44. The number of aromatic nitrogens is 1. The van der Waals surface area contributed by atoms with E-state index in [9.17, 15) is 4.79 Å². The molecule has 7 heteroatoms. The zero-order valence-electron chi connectivity index (χ0n) is 15.2. The van der Waals surface area contributed by atoms with Gasteiger partial charge in [0.25, 0.3) is 0 Å². The summed E-state index contributed by atoms with van der Waals surface area (Å²) in [5.74, 6) is 1.90. The fourth-order valence-corrected chi connectivity index (χ4v) is 2.55. The van der Waals surface area contributed by atoms with E-state index in [0.717, 1.165) is 16.7 Å². The number of amides is 2. The van der Waals surface area contributed by atoms with Gasteiger partial charge in [0.15, 0.2) is 0 Å². The monoisotopic (exact) mass is 367 g/mol. The summed E-state index contributed by atoms with van der Waals surface area (Å²) in [6.45, 7) is 0.703. The molecule has 2 amide bonds. The Morgan fingerprint density at radius 2 is 1.89 bits per heavy atom. The van der Waals surface area contributed by atoms with Gasteiger partial charge in [0.05, 0.1) is 32.0 Å². The fourth-order valence-electron chi connectivity index (χ4n) is 2.55. The molecular formula is C20H21N3O4. The van der Waals surface area contributed by atoms with Crippen molar-refractivity contribution in [3.05, 3.63) is 54.7 Å². The van der Waals surface area contributed by atoms with E-state index in [0.29, 0.717) is 30.3 Å². The zero-order valence-corrected chi connectivity index (χ0v) is 15.2. The second-order valence-electron chi connectivity index (χ2n) is 5.65. The van der Waals surface area contributed by atoms with Crippen LogP contribution in [0.5, 0.6) is 17.2 Å². The second kappa shape index (κ2) is 8.75. The summed E-state index contributed by atoms with van der Waals surface area (Å²) in [6.07, 6.45) is 1.75. The van der Waals surface area contributed by atoms with Gasteiger partial charge < -0.3 is 24.8 Å². The van der Waals surface area contributed by atoms with Crippen LogP contribution in [0.3, 0.4) is 0 Å². The van der Waals surface area contributed by atoms with E-state index in [-0.39, 0.29) is 6.03 Å². The number of benzene rings is 2. The maximum absolute atomic E-state index is 12.0. The van der Waals surface area contributed by atoms with Crippen molar-refractivity contribution in [1.29, 1.82) is 0 Å². The summed E-state index contributed by atoms with van der Waals surface area (Å²) in [4.78, 5) is 16.3. The van der Waals surface area contributed by atoms with Gasteiger partial charge in [-0.3, -0.25) is 4.98 Å². The van der Waals surface area contributed by atoms with Crippen LogP contribution in [-0.2, 0) is 0 Å². The number of nitrogens with zero attached hydrogens (tertiary/aromatic N) is 1. The van der Waals surface area contributed by atoms with Gasteiger partial charge in [-0.1, -0.05) is 6.07 Å². The molecule has 0 atom stereocenters. The van der Waals surface area contributed by atoms with E-state index in [1.807, 2.05) is 30.3 Å². The van der Waals surface area contributed by atoms with Gasteiger partial charge in [0, 0.05) is 17.6 Å². The Morgan fingerprint density at radius 3 is 2.70 bits per heavy atom. The molecular weight excluding hydrogens is 346 g/mol. The van der Waals surface area contributed by atoms with Crippen LogP contribution in [0.2, 0.25) is 0 Å². The molecule has 3 rings (SSSR count). The average Bonchev–Trinajstić information content (AvgIpc) is 2.71. The molecule has 2 N–H and O–H groups in total. The molecule has 0 saturated carbocycles. The minimum atomic E-state index is -0.343. The van der Waals surface area contributed by atoms with Gasteiger partial charge in [-0.2, -0.15) is 0 Å². The van der Waals surface area contributed by atoms with Crippen molar-refractivity contribution < 1.29 is 19.0 Å². The number of anilines is 1. The highest BCUT2D eigenvalue weighted by Crippen LogP contribution is 2.28. The summed E-state index contributed by atoms with van der Waals surface area (Å²) < 4.78 is 16.1. The van der Waals surface area contributed by atoms with Crippen LogP contribution in [0, 0.1) is 0 Å². The largest absolute Gasteiger partial charge is 0.497 e. The van der Waals surface area contributed by atoms with Crippen molar-refractivity contribution in [2.45, 2.75) is 0 Å². The van der Waals surface area contributed by atoms with Crippen molar-refractivity contribution in [3.63, 3.8) is 0 Å². The molecule has 1 heterocycles. The molecule has 0 fully saturated rings. The Kier molecular flexibility index (Phi) is 5.94. The van der Waals surface area contributed by atoms with E-state index >= 15 is 0 Å². The Balaban J connectivity index is 1.48. The lowest BCUT2D eigenvalue weighted by molar-refractivity contribution is 0.247. The van der Waals surface area contributed by atoms with Crippen LogP contribution < -0.4 is 24.8 Å². The summed E-state index contributed by atoms with van der Waals surface area (Å²) in [5.41, 5.74) is 1.47. The molecule has 0 unspecified atom stereocenters. The predicted molar refractivity (Wildman–Crippen MR) is 104 cm³/mol. The number of pyridine rings is 1. The first-order chi connectivity index (χ1) is 13.2. The van der Waals surface area contributed by atoms with E-state index < -0.39 is 0 Å². The van der Waals surface area contributed by atoms with E-state index in [2.05, 4.69) is 15.6 Å². The Bertz CT molecular complexity index is 930. The first kappa shape index (κ1) is 18.3. The number of hydrogen-bond donors (Lipinski definition) is 2. The zero-order chi connectivity index (χ0) is 19.1. The summed E-state index contributed by atoms with van der Waals surface area (Å²) in [7, 11) is 3.10. The minimum absolute atomic E-state index is 0.343. The molecule has 0 spiro atoms. The van der Waals surface area contributed by atoms with Crippen LogP contribution in [-0.4, -0.2) is 38.4 Å². The third-order valence-corrected chi connectivity index (χ3v) is 3.89. The van der Waals surface area contributed by atoms with Gasteiger partial charge in [-0.15, -0.1) is 0 Å². The Morgan fingerprint density at radius 1 is 1.04 bits per heavy atom. The predicted octanol–water partition coefficient (Wildman–Crippen LogP) is 3.45. The third kappa shape index (κ3) is 4.78. The molecule has 1 aromatic heterocycles. The van der Waals surface area contributed by atoms with Gasteiger partial charge in [-0.25, -0.2) is 4.79 Å². The maximum atomic E-state index is 12.0. The van der Waals surface area contributed by atoms with Crippen molar-refractivity contribution in [2.24, 2.45) is 0 Å². The number of nitrogens with one attached hydrogen (secondary N) is 2. The highest BCUT2D eigenvalue weighted by atomic mass is 16.5. The maximum Gasteiger partial charge on any atom is 0.319 e. The van der Waals surface area contributed by atoms with Crippen LogP contribution in [0.4, 0.5) is 10.5 Å². The van der Waals surface area contributed by atoms with Gasteiger partial charge in [-0.05, 0) is 36.4 Å². The number of ether oxygens (including phenoxy) is 3. The SMILES string of the molecule is COc1ccc(NC(=O)NCCOc2ccc3ncccc3c2)c(OC)c1. The molecule has 0 saturated heterocycles. The second-order valence-corrected chi connectivity index (χ2v) is 5.65. The van der Waals surface area contributed by atoms with Gasteiger partial charge >= 0.3 is 6.03 Å². The lowest BCUT2D eigenvalue weighted by Gasteiger charge is -2.13. The number of methoxy groups -OCH3 is 2. The highest BCUT2D eigenvalue weighted by molar-refractivity contribution is 5.91. The van der Waals surface area contributed by atoms with Crippen LogP contribution >= 0.6 is 0 Å². The molecule has 0 aliphatic carbocycles. The third-order valence-electron chi connectivity index (χ3n) is 3.89. The molecule has 0 aliphatic heterocycles. The average molecular weight is 367 g/mol. The van der Waals surface area contributed by atoms with Crippen molar-refractivity contribution >= 4 is 22.6 Å². The summed E-state index contributed by atoms with van der Waals surface area (Å²) >= 11 is 0. The number of urea groups is 1. The Labute approximate surface area is 157 Å². The van der Waals surface area contributed by atoms with Crippen LogP contribution in [0.1, 0.15) is 0 Å². The highest BCUT2D eigenvalue weighted by Gasteiger charge is 2.08. The van der Waals surface area contributed by atoms with Crippen LogP contribution in [0.25, 0.3) is 10.9 Å². The molecule has 140 valence electrons. The lowest BCUT2D eigenvalue weighted by atomic mass is 10.2. The topological polar surface area (TPSA) is 81.7 Å². The van der Waals surface area contributed by atoms with Crippen molar-refractivity contribution in [1.82, 2.24) is 10.3 Å². The van der Waals surface area contributed by atoms with Crippen molar-refractivity contribution in [3.8, 4) is 17.2 Å². The van der Waals surface area contributed by atoms with E-state index in [1.165, 1.54) is 7.11 Å². The molecule has 27 heavy (non-hydrogen) atoms. The molecule has 0 bridgehead atoms. The first-order valence-corrected chi connectivity index (χ1v) is 8.44. The summed E-state index contributed by atoms with van der Waals surface area (Å²) in [6, 6.07) is 14.4. The number of carbonyl (C=O) groups excluding carboxylic acids is 1. The summed E-state index contributed by atoms with van der Waals surface area (Å²) in [5, 5.41) is 6.49. The standard InChI is InChI=1S/C20H21N3O4/c1-25-15-5-8-18(19(13-15)26-2)23-20(24)22-10-11-27-16-6-7-17-14(12-16)4-3-9-21-17/h3-9,12-13H,10-11H2,1-2H3,(H2,22,23,24). The van der Waals surface area contributed by atoms with E-state index in [1.54, 1.807) is 31.5 Å². The quantitative estimate of drug-likeness (QED) is 0.625. The molecule has 0 radical (unpaired) electrons. The molecule has 3 aromatic rings. The van der Waals surface area contributed by atoms with E-state index in [4.69, 9.17) is 14.2 Å². The fraction of sp³-hybridized carbons (Fsp3) is 0.200. The van der Waals surface area contributed by atoms with Crippen LogP contribution in [0.15, 0.2) is 54.7 Å². The minimum Gasteiger partial charge on any atom is -0.497 e. The van der Waals surface area contributed by atoms with Gasteiger partial charge in [0.1, 0.15) is 23.9 Å². The van der Waals surface area contributed by atoms with Gasteiger partial charge in [0.2, 0.25) is 0 Å². The lowest BCUT2D eigenvalue weighted by Crippen LogP contribution is -2.32.